The number of oxazole rings is 1. The minimum absolute atomic E-state index is 0.0223. The third-order valence-electron chi connectivity index (χ3n) is 2.26. The Morgan fingerprint density at radius 1 is 1.50 bits per heavy atom. The van der Waals surface area contributed by atoms with E-state index in [1.54, 1.807) is 13.1 Å². The first-order chi connectivity index (χ1) is 8.61. The fraction of sp³-hybridized carbons (Fsp3) is 0.182. The average molecular weight is 264 g/mol. The number of nitrogens with two attached hydrogens (primary N) is 1. The summed E-state index contributed by atoms with van der Waals surface area (Å²) in [6.45, 7) is 3.68. The van der Waals surface area contributed by atoms with Crippen LogP contribution in [0.3, 0.4) is 0 Å². The van der Waals surface area contributed by atoms with Crippen molar-refractivity contribution in [2.75, 3.05) is 0 Å². The van der Waals surface area contributed by atoms with Gasteiger partial charge in [0.05, 0.1) is 11.8 Å². The minimum Gasteiger partial charge on any atom is -0.440 e. The molecule has 2 aromatic heterocycles. The second kappa shape index (κ2) is 5.09. The topological polar surface area (TPSA) is 97.5 Å². The van der Waals surface area contributed by atoms with Gasteiger partial charge < -0.3 is 15.4 Å². The number of amidine groups is 1. The van der Waals surface area contributed by atoms with Crippen molar-refractivity contribution < 1.29 is 9.62 Å². The molecule has 6 nitrogen and oxygen atoms in total. The number of hydrogen-bond donors (Lipinski definition) is 2. The highest BCUT2D eigenvalue weighted by Gasteiger charge is 2.15. The molecule has 0 aliphatic rings. The Kier molecular flexibility index (Phi) is 3.52. The summed E-state index contributed by atoms with van der Waals surface area (Å²) in [5.41, 5.74) is 7.80. The van der Waals surface area contributed by atoms with Gasteiger partial charge in [-0.1, -0.05) is 5.16 Å². The highest BCUT2D eigenvalue weighted by Crippen LogP contribution is 2.30. The van der Waals surface area contributed by atoms with Gasteiger partial charge >= 0.3 is 0 Å². The lowest BCUT2D eigenvalue weighted by Crippen LogP contribution is -2.17. The summed E-state index contributed by atoms with van der Waals surface area (Å²) in [7, 11) is 0. The predicted molar refractivity (Wildman–Crippen MR) is 66.8 cm³/mol. The van der Waals surface area contributed by atoms with Crippen LogP contribution in [0.1, 0.15) is 17.0 Å². The fourth-order valence-electron chi connectivity index (χ4n) is 1.59. The van der Waals surface area contributed by atoms with E-state index in [9.17, 15) is 0 Å². The SMILES string of the molecule is Cc1cc(Sc2ncco2)c(/C(N)=N/O)c(C)n1. The van der Waals surface area contributed by atoms with Gasteiger partial charge in [-0.25, -0.2) is 4.98 Å². The van der Waals surface area contributed by atoms with Crippen LogP contribution in [0.4, 0.5) is 0 Å². The zero-order valence-electron chi connectivity index (χ0n) is 9.91. The molecule has 0 saturated carbocycles. The summed E-state index contributed by atoms with van der Waals surface area (Å²) >= 11 is 1.30. The van der Waals surface area contributed by atoms with Crippen molar-refractivity contribution in [2.24, 2.45) is 10.9 Å². The molecule has 94 valence electrons. The molecule has 2 rings (SSSR count). The molecule has 0 aliphatic heterocycles. The summed E-state index contributed by atoms with van der Waals surface area (Å²) in [6, 6.07) is 1.84. The quantitative estimate of drug-likeness (QED) is 0.380. The molecular weight excluding hydrogens is 252 g/mol. The molecule has 0 bridgehead atoms. The van der Waals surface area contributed by atoms with Crippen molar-refractivity contribution in [3.63, 3.8) is 0 Å². The molecule has 7 heteroatoms. The molecular formula is C11H12N4O2S. The van der Waals surface area contributed by atoms with Crippen LogP contribution < -0.4 is 5.73 Å². The second-order valence-corrected chi connectivity index (χ2v) is 4.60. The number of aryl methyl sites for hydroxylation is 2. The van der Waals surface area contributed by atoms with E-state index in [2.05, 4.69) is 15.1 Å². The molecule has 0 saturated heterocycles. The molecule has 0 atom stereocenters. The van der Waals surface area contributed by atoms with Gasteiger partial charge in [0.1, 0.15) is 6.26 Å². The zero-order chi connectivity index (χ0) is 13.1. The molecule has 2 aromatic rings. The Morgan fingerprint density at radius 2 is 2.28 bits per heavy atom. The first-order valence-corrected chi connectivity index (χ1v) is 5.97. The van der Waals surface area contributed by atoms with Crippen molar-refractivity contribution in [2.45, 2.75) is 24.0 Å². The number of nitrogens with zero attached hydrogens (tertiary/aromatic N) is 3. The molecule has 0 amide bonds. The molecule has 3 N–H and O–H groups in total. The third kappa shape index (κ3) is 2.45. The van der Waals surface area contributed by atoms with Crippen LogP contribution in [-0.4, -0.2) is 21.0 Å². The van der Waals surface area contributed by atoms with Crippen LogP contribution >= 0.6 is 11.8 Å². The van der Waals surface area contributed by atoms with Crippen LogP contribution in [0.15, 0.2) is 38.2 Å². The third-order valence-corrected chi connectivity index (χ3v) is 3.18. The van der Waals surface area contributed by atoms with Crippen molar-refractivity contribution in [3.8, 4) is 0 Å². The zero-order valence-corrected chi connectivity index (χ0v) is 10.7. The van der Waals surface area contributed by atoms with Gasteiger partial charge in [0.25, 0.3) is 5.22 Å². The summed E-state index contributed by atoms with van der Waals surface area (Å²) in [6.07, 6.45) is 3.05. The highest BCUT2D eigenvalue weighted by molar-refractivity contribution is 7.99. The van der Waals surface area contributed by atoms with Crippen molar-refractivity contribution >= 4 is 17.6 Å². The largest absolute Gasteiger partial charge is 0.440 e. The Morgan fingerprint density at radius 3 is 2.89 bits per heavy atom. The first-order valence-electron chi connectivity index (χ1n) is 5.15. The van der Waals surface area contributed by atoms with E-state index in [4.69, 9.17) is 15.4 Å². The van der Waals surface area contributed by atoms with Crippen LogP contribution in [0.5, 0.6) is 0 Å². The van der Waals surface area contributed by atoms with Crippen LogP contribution in [0.2, 0.25) is 0 Å². The fourth-order valence-corrected chi connectivity index (χ4v) is 2.58. The number of rotatable bonds is 3. The normalized spacial score (nSPS) is 11.8. The van der Waals surface area contributed by atoms with Crippen molar-refractivity contribution in [1.82, 2.24) is 9.97 Å². The Bertz CT molecular complexity index is 581. The standard InChI is InChI=1S/C11H12N4O2S/c1-6-5-8(18-11-13-3-4-17-11)9(7(2)14-6)10(12)15-16/h3-5,16H,1-2H3,(H2,12,15). The maximum Gasteiger partial charge on any atom is 0.260 e. The molecule has 0 radical (unpaired) electrons. The molecule has 0 aliphatic carbocycles. The second-order valence-electron chi connectivity index (χ2n) is 3.61. The molecule has 0 fully saturated rings. The lowest BCUT2D eigenvalue weighted by Gasteiger charge is -2.10. The Balaban J connectivity index is 2.50. The summed E-state index contributed by atoms with van der Waals surface area (Å²) in [4.78, 5) is 9.12. The van der Waals surface area contributed by atoms with Gasteiger partial charge in [-0.05, 0) is 31.7 Å². The van der Waals surface area contributed by atoms with E-state index in [0.717, 1.165) is 10.6 Å². The van der Waals surface area contributed by atoms with E-state index in [1.807, 2.05) is 13.0 Å². The molecule has 0 spiro atoms. The van der Waals surface area contributed by atoms with Gasteiger partial charge in [0, 0.05) is 16.3 Å². The first kappa shape index (κ1) is 12.4. The number of oxime groups is 1. The Hall–Kier alpha value is -2.02. The summed E-state index contributed by atoms with van der Waals surface area (Å²) in [5, 5.41) is 12.3. The van der Waals surface area contributed by atoms with Crippen molar-refractivity contribution in [3.05, 3.63) is 35.5 Å². The average Bonchev–Trinajstić information content (AvgIpc) is 2.80. The summed E-state index contributed by atoms with van der Waals surface area (Å²) < 4.78 is 5.17. The maximum atomic E-state index is 8.82. The van der Waals surface area contributed by atoms with E-state index >= 15 is 0 Å². The molecule has 0 unspecified atom stereocenters. The monoisotopic (exact) mass is 264 g/mol. The molecule has 2 heterocycles. The van der Waals surface area contributed by atoms with Gasteiger partial charge in [-0.3, -0.25) is 4.98 Å². The molecule has 18 heavy (non-hydrogen) atoms. The lowest BCUT2D eigenvalue weighted by molar-refractivity contribution is 0.318. The van der Waals surface area contributed by atoms with Gasteiger partial charge in [-0.2, -0.15) is 0 Å². The highest BCUT2D eigenvalue weighted by atomic mass is 32.2. The number of aromatic nitrogens is 2. The smallest absolute Gasteiger partial charge is 0.260 e. The maximum absolute atomic E-state index is 8.82. The van der Waals surface area contributed by atoms with E-state index in [0.29, 0.717) is 16.5 Å². The minimum atomic E-state index is 0.0223. The van der Waals surface area contributed by atoms with Crippen LogP contribution in [0, 0.1) is 13.8 Å². The predicted octanol–water partition coefficient (Wildman–Crippen LogP) is 1.93. The van der Waals surface area contributed by atoms with E-state index < -0.39 is 0 Å². The summed E-state index contributed by atoms with van der Waals surface area (Å²) in [5.74, 6) is 0.0223. The van der Waals surface area contributed by atoms with Crippen LogP contribution in [0.25, 0.3) is 0 Å². The van der Waals surface area contributed by atoms with E-state index in [1.165, 1.54) is 18.0 Å². The lowest BCUT2D eigenvalue weighted by atomic mass is 10.1. The number of pyridine rings is 1. The van der Waals surface area contributed by atoms with Crippen molar-refractivity contribution in [1.29, 1.82) is 0 Å². The van der Waals surface area contributed by atoms with Crippen LogP contribution in [-0.2, 0) is 0 Å². The van der Waals surface area contributed by atoms with Gasteiger partial charge in [-0.15, -0.1) is 0 Å². The van der Waals surface area contributed by atoms with E-state index in [-0.39, 0.29) is 5.84 Å². The molecule has 0 aromatic carbocycles. The Labute approximate surface area is 108 Å². The number of hydrogen-bond acceptors (Lipinski definition) is 6. The van der Waals surface area contributed by atoms with Gasteiger partial charge in [0.15, 0.2) is 5.84 Å². The van der Waals surface area contributed by atoms with Gasteiger partial charge in [0.2, 0.25) is 0 Å².